The molecule has 25 heteroatoms. The molecule has 16 heterocycles. The molecular weight excluding hydrogens is 1350 g/mol. The summed E-state index contributed by atoms with van der Waals surface area (Å²) in [5.41, 5.74) is 4.68. The average molecular weight is 1520 g/mol. The van der Waals surface area contributed by atoms with E-state index in [9.17, 15) is 0 Å². The van der Waals surface area contributed by atoms with E-state index >= 15 is 0 Å². The highest BCUT2D eigenvalue weighted by Crippen LogP contribution is 2.17. The molecule has 0 aliphatic carbocycles. The van der Waals surface area contributed by atoms with Crippen molar-refractivity contribution in [1.82, 2.24) is 125 Å². The van der Waals surface area contributed by atoms with Gasteiger partial charge in [0.05, 0.1) is 22.8 Å². The fraction of sp³-hybridized carbons (Fsp3) is 0.880. The molecule has 14 aliphatic rings. The van der Waals surface area contributed by atoms with Gasteiger partial charge in [-0.25, -0.2) is 0 Å². The first-order valence-electron chi connectivity index (χ1n) is 43.3. The Balaban J connectivity index is 0.000000188. The minimum absolute atomic E-state index is 0. The molecule has 25 nitrogen and oxygen atoms in total. The van der Waals surface area contributed by atoms with Crippen LogP contribution in [0.2, 0.25) is 0 Å². The van der Waals surface area contributed by atoms with Crippen molar-refractivity contribution in [3.8, 4) is 0 Å². The highest BCUT2D eigenvalue weighted by molar-refractivity contribution is 5.15. The molecule has 624 valence electrons. The van der Waals surface area contributed by atoms with Crippen LogP contribution in [0.5, 0.6) is 0 Å². The summed E-state index contributed by atoms with van der Waals surface area (Å²) in [6.45, 7) is 68.1. The second kappa shape index (κ2) is 56.6. The molecule has 16 bridgehead atoms. The number of piperazine rings is 1. The summed E-state index contributed by atoms with van der Waals surface area (Å²) in [4.78, 5) is 53.8. The van der Waals surface area contributed by atoms with Crippen molar-refractivity contribution in [2.24, 2.45) is 0 Å². The lowest BCUT2D eigenvalue weighted by Crippen LogP contribution is -2.50. The Bertz CT molecular complexity index is 2250. The van der Waals surface area contributed by atoms with Crippen molar-refractivity contribution in [3.63, 3.8) is 0 Å². The van der Waals surface area contributed by atoms with Gasteiger partial charge in [0.25, 0.3) is 0 Å². The topological polar surface area (TPSA) is 153 Å². The normalized spacial score (nSPS) is 31.9. The molecule has 0 saturated carbocycles. The highest BCUT2D eigenvalue weighted by atomic mass is 15.3. The Morgan fingerprint density at radius 1 is 0.185 bits per heavy atom. The third-order valence-corrected chi connectivity index (χ3v) is 24.0. The molecule has 11 saturated heterocycles. The van der Waals surface area contributed by atoms with Crippen LogP contribution in [0.3, 0.4) is 0 Å². The van der Waals surface area contributed by atoms with Gasteiger partial charge in [-0.2, -0.15) is 0 Å². The summed E-state index contributed by atoms with van der Waals surface area (Å²) in [7, 11) is 11.4. The number of hydrogen-bond acceptors (Lipinski definition) is 25. The Labute approximate surface area is 662 Å². The summed E-state index contributed by atoms with van der Waals surface area (Å²) >= 11 is 0. The Hall–Kier alpha value is -2.62. The highest BCUT2D eigenvalue weighted by Gasteiger charge is 2.23. The van der Waals surface area contributed by atoms with Crippen molar-refractivity contribution >= 4 is 0 Å². The van der Waals surface area contributed by atoms with Gasteiger partial charge in [-0.1, -0.05) is 27.0 Å². The van der Waals surface area contributed by atoms with E-state index in [1.807, 2.05) is 0 Å². The van der Waals surface area contributed by atoms with Crippen LogP contribution in [-0.2, 0) is 26.2 Å². The molecule has 0 spiro atoms. The zero-order chi connectivity index (χ0) is 73.7. The first-order chi connectivity index (χ1) is 52.1. The molecule has 6 unspecified atom stereocenters. The molecule has 0 amide bonds. The zero-order valence-electron chi connectivity index (χ0n) is 68.6. The van der Waals surface area contributed by atoms with Crippen LogP contribution in [0.15, 0.2) is 36.4 Å². The minimum Gasteiger partial charge on any atom is -0.315 e. The van der Waals surface area contributed by atoms with E-state index in [1.165, 1.54) is 323 Å². The van der Waals surface area contributed by atoms with E-state index in [0.29, 0.717) is 0 Å². The Kier molecular flexibility index (Phi) is 48.5. The number of pyridine rings is 2. The lowest BCUT2D eigenvalue weighted by atomic mass is 10.2. The molecule has 14 aliphatic heterocycles. The number of fused-ring (bicyclic) bond motifs is 33. The van der Waals surface area contributed by atoms with Crippen molar-refractivity contribution in [3.05, 3.63) is 59.2 Å². The van der Waals surface area contributed by atoms with Gasteiger partial charge in [0, 0.05) is 314 Å². The SMILES string of the molecule is C.C.C1CN2CCNCCN(CCN1)CCNCC2.C1CNCCN2CCCNCCN(C1)CCNCC2.CN1CCCN2Cc3cccc(n3)CN(CCC1)Cc1cccc(n1)C2.CN1CCN(C)CCN2CCCCN(CC1)CCN(C)CC2.CN1CCN2CCCCN(CC1)CCN1CCN(CC2)CC1. The van der Waals surface area contributed by atoms with Crippen molar-refractivity contribution < 1.29 is 0 Å². The predicted molar refractivity (Wildman–Crippen MR) is 456 cm³/mol. The molecule has 11 fully saturated rings. The van der Waals surface area contributed by atoms with Gasteiger partial charge in [-0.3, -0.25) is 39.4 Å². The van der Waals surface area contributed by atoms with Crippen LogP contribution in [-0.4, -0.2) is 482 Å². The molecular formula is C83H167N25. The molecule has 6 N–H and O–H groups in total. The first-order valence-corrected chi connectivity index (χ1v) is 43.3. The van der Waals surface area contributed by atoms with Gasteiger partial charge in [0.2, 0.25) is 0 Å². The summed E-state index contributed by atoms with van der Waals surface area (Å²) in [6.07, 6.45) is 10.3. The number of aromatic nitrogens is 2. The van der Waals surface area contributed by atoms with E-state index in [4.69, 9.17) is 9.97 Å². The van der Waals surface area contributed by atoms with Gasteiger partial charge in [-0.05, 0) is 176 Å². The fourth-order valence-electron chi connectivity index (χ4n) is 16.5. The van der Waals surface area contributed by atoms with Crippen LogP contribution in [0.4, 0.5) is 0 Å². The third-order valence-electron chi connectivity index (χ3n) is 24.0. The third kappa shape index (κ3) is 40.1. The van der Waals surface area contributed by atoms with Crippen molar-refractivity contribution in [1.29, 1.82) is 0 Å². The van der Waals surface area contributed by atoms with E-state index < -0.39 is 0 Å². The summed E-state index contributed by atoms with van der Waals surface area (Å²) in [6, 6.07) is 13.0. The average Bonchev–Trinajstić information content (AvgIpc) is 0.885. The van der Waals surface area contributed by atoms with E-state index in [0.717, 1.165) is 131 Å². The van der Waals surface area contributed by atoms with Crippen molar-refractivity contribution in [2.45, 2.75) is 92.4 Å². The van der Waals surface area contributed by atoms with Crippen molar-refractivity contribution in [2.75, 3.05) is 389 Å². The summed E-state index contributed by atoms with van der Waals surface area (Å²) in [5, 5.41) is 21.4. The Morgan fingerprint density at radius 3 is 0.620 bits per heavy atom. The maximum Gasteiger partial charge on any atom is 0.0548 e. The zero-order valence-corrected chi connectivity index (χ0v) is 68.6. The molecule has 2 aromatic rings. The van der Waals surface area contributed by atoms with Crippen LogP contribution >= 0.6 is 0 Å². The molecule has 6 atom stereocenters. The molecule has 0 aromatic carbocycles. The maximum absolute atomic E-state index is 4.95. The second-order valence-corrected chi connectivity index (χ2v) is 32.9. The van der Waals surface area contributed by atoms with Gasteiger partial charge >= 0.3 is 0 Å². The number of nitrogens with one attached hydrogen (secondary N) is 6. The largest absolute Gasteiger partial charge is 0.315 e. The quantitative estimate of drug-likeness (QED) is 0.211. The minimum atomic E-state index is 0. The van der Waals surface area contributed by atoms with E-state index in [2.05, 4.69) is 187 Å². The first kappa shape index (κ1) is 92.6. The molecule has 2 aromatic heterocycles. The van der Waals surface area contributed by atoms with E-state index in [-0.39, 0.29) is 14.9 Å². The lowest BCUT2D eigenvalue weighted by molar-refractivity contribution is 0.105. The summed E-state index contributed by atoms with van der Waals surface area (Å²) < 4.78 is 0. The van der Waals surface area contributed by atoms with Gasteiger partial charge in [0.1, 0.15) is 0 Å². The van der Waals surface area contributed by atoms with Crippen LogP contribution < -0.4 is 31.9 Å². The molecule has 0 radical (unpaired) electrons. The number of hydrogen-bond donors (Lipinski definition) is 6. The maximum atomic E-state index is 4.95. The van der Waals surface area contributed by atoms with Crippen LogP contribution in [0.1, 0.15) is 89.0 Å². The molecule has 16 rings (SSSR count). The van der Waals surface area contributed by atoms with Crippen LogP contribution in [0, 0.1) is 0 Å². The standard InChI is InChI=1S/C21H29N5.C17H35N5.C17H37N5.C14H31N5.C12H27N5.2CH4/c1-24-10-4-12-25-14-18-6-2-7-19(22-18)15-26(13-5-11-24)17-21-9-3-8-20(16-25)23-21;1-18-6-8-19-4-2-3-5-20(9-7-18)11-13-22-16-14-21(12-10-19)15-17-22;1-18-8-9-19(2)11-15-22-7-5-4-6-21(14-10-18)16-12-20(3)13-17-22;1-3-15-5-12-19-10-2-4-16-6-11-18(9-1)13-7-17-8-14-19;1-7-16-9-3-14-5-11-17(8-2-13-1)12-6-15-4-10-16;;/h2-3,6-9H,4-5,10-17H2,1H3;2-17H2,1H3;4-17H2,1-3H3;15-17H,1-14H2;13-15H,1-12H2;2*1H4. The van der Waals surface area contributed by atoms with Crippen LogP contribution in [0.25, 0.3) is 0 Å². The Morgan fingerprint density at radius 2 is 0.361 bits per heavy atom. The number of nitrogens with zero attached hydrogens (tertiary/aromatic N) is 19. The number of rotatable bonds is 0. The summed E-state index contributed by atoms with van der Waals surface area (Å²) in [5.74, 6) is 0. The number of likely N-dealkylation sites (N-methyl/N-ethyl adjacent to an activating group) is 4. The predicted octanol–water partition coefficient (Wildman–Crippen LogP) is 1.49. The fourth-order valence-corrected chi connectivity index (χ4v) is 16.5. The van der Waals surface area contributed by atoms with Gasteiger partial charge < -0.3 is 85.8 Å². The second-order valence-electron chi connectivity index (χ2n) is 32.9. The molecule has 108 heavy (non-hydrogen) atoms. The monoisotopic (exact) mass is 1510 g/mol. The van der Waals surface area contributed by atoms with Gasteiger partial charge in [-0.15, -0.1) is 0 Å². The van der Waals surface area contributed by atoms with Gasteiger partial charge in [0.15, 0.2) is 0 Å². The van der Waals surface area contributed by atoms with E-state index in [1.54, 1.807) is 0 Å². The lowest BCUT2D eigenvalue weighted by Gasteiger charge is -2.37. The smallest absolute Gasteiger partial charge is 0.0548 e.